The quantitative estimate of drug-likeness (QED) is 0.583. The van der Waals surface area contributed by atoms with Crippen molar-refractivity contribution in [3.8, 4) is 11.8 Å². The molecule has 1 unspecified atom stereocenters. The summed E-state index contributed by atoms with van der Waals surface area (Å²) in [4.78, 5) is 4.88. The molecule has 2 heterocycles. The molecule has 2 aliphatic heterocycles. The standard InChI is InChI=1S/C21H38N2O4/c1-19(2)26-16-4-3-10-23-14-17-27-21(18-23)8-12-22(13-9-21)11-5-6-20(25)7-15-24/h19-20,24-25H,5-18H2,1-2H3. The summed E-state index contributed by atoms with van der Waals surface area (Å²) in [6.07, 6.45) is 4.22. The second-order valence-electron chi connectivity index (χ2n) is 8.11. The van der Waals surface area contributed by atoms with E-state index >= 15 is 0 Å². The molecule has 6 nitrogen and oxygen atoms in total. The molecule has 0 radical (unpaired) electrons. The van der Waals surface area contributed by atoms with Crippen LogP contribution in [-0.2, 0) is 9.47 Å². The minimum atomic E-state index is -0.367. The lowest BCUT2D eigenvalue weighted by Gasteiger charge is -2.47. The molecule has 0 amide bonds. The molecule has 1 spiro atoms. The lowest BCUT2D eigenvalue weighted by Crippen LogP contribution is -2.56. The molecule has 156 valence electrons. The third kappa shape index (κ3) is 8.47. The Kier molecular flexibility index (Phi) is 10.1. The van der Waals surface area contributed by atoms with Crippen molar-refractivity contribution in [2.24, 2.45) is 0 Å². The normalized spacial score (nSPS) is 22.0. The van der Waals surface area contributed by atoms with E-state index in [1.54, 1.807) is 0 Å². The van der Waals surface area contributed by atoms with Crippen molar-refractivity contribution in [2.75, 3.05) is 59.1 Å². The van der Waals surface area contributed by atoms with Gasteiger partial charge in [0.1, 0.15) is 6.61 Å². The highest BCUT2D eigenvalue weighted by molar-refractivity contribution is 5.03. The molecule has 27 heavy (non-hydrogen) atoms. The van der Waals surface area contributed by atoms with Gasteiger partial charge in [-0.05, 0) is 52.5 Å². The maximum absolute atomic E-state index is 9.72. The van der Waals surface area contributed by atoms with Gasteiger partial charge in [0.05, 0.1) is 31.0 Å². The molecule has 2 saturated heterocycles. The number of rotatable bonds is 9. The Morgan fingerprint density at radius 2 is 1.89 bits per heavy atom. The fraction of sp³-hybridized carbons (Fsp3) is 0.905. The molecular formula is C21H38N2O4. The summed E-state index contributed by atoms with van der Waals surface area (Å²) < 4.78 is 11.7. The van der Waals surface area contributed by atoms with Crippen LogP contribution in [-0.4, -0.2) is 96.9 Å². The molecule has 1 atom stereocenters. The zero-order valence-corrected chi connectivity index (χ0v) is 17.2. The third-order valence-corrected chi connectivity index (χ3v) is 5.49. The van der Waals surface area contributed by atoms with E-state index < -0.39 is 0 Å². The largest absolute Gasteiger partial charge is 0.396 e. The Balaban J connectivity index is 1.67. The molecule has 0 aromatic rings. The third-order valence-electron chi connectivity index (χ3n) is 5.49. The maximum atomic E-state index is 9.72. The van der Waals surface area contributed by atoms with Crippen LogP contribution < -0.4 is 0 Å². The first-order valence-corrected chi connectivity index (χ1v) is 10.5. The van der Waals surface area contributed by atoms with Crippen molar-refractivity contribution in [2.45, 2.75) is 63.8 Å². The number of hydrogen-bond acceptors (Lipinski definition) is 6. The Labute approximate surface area is 164 Å². The second kappa shape index (κ2) is 12.0. The van der Waals surface area contributed by atoms with Gasteiger partial charge in [0.15, 0.2) is 0 Å². The molecule has 2 aliphatic rings. The molecule has 2 N–H and O–H groups in total. The van der Waals surface area contributed by atoms with Crippen LogP contribution in [0.4, 0.5) is 0 Å². The number of piperidine rings is 1. The lowest BCUT2D eigenvalue weighted by atomic mass is 9.89. The maximum Gasteiger partial charge on any atom is 0.108 e. The number of aliphatic hydroxyl groups is 2. The van der Waals surface area contributed by atoms with Gasteiger partial charge >= 0.3 is 0 Å². The highest BCUT2D eigenvalue weighted by Gasteiger charge is 2.39. The van der Waals surface area contributed by atoms with Crippen molar-refractivity contribution >= 4 is 0 Å². The predicted octanol–water partition coefficient (Wildman–Crippen LogP) is 1.11. The van der Waals surface area contributed by atoms with E-state index in [-0.39, 0.29) is 24.4 Å². The minimum Gasteiger partial charge on any atom is -0.396 e. The van der Waals surface area contributed by atoms with Crippen molar-refractivity contribution in [3.63, 3.8) is 0 Å². The van der Waals surface area contributed by atoms with E-state index in [0.717, 1.165) is 71.6 Å². The monoisotopic (exact) mass is 382 g/mol. The van der Waals surface area contributed by atoms with E-state index in [9.17, 15) is 5.11 Å². The van der Waals surface area contributed by atoms with Gasteiger partial charge in [-0.1, -0.05) is 11.8 Å². The fourth-order valence-electron chi connectivity index (χ4n) is 3.82. The van der Waals surface area contributed by atoms with E-state index in [4.69, 9.17) is 14.6 Å². The topological polar surface area (TPSA) is 65.4 Å². The summed E-state index contributed by atoms with van der Waals surface area (Å²) in [5.74, 6) is 6.34. The fourth-order valence-corrected chi connectivity index (χ4v) is 3.82. The van der Waals surface area contributed by atoms with Crippen molar-refractivity contribution in [3.05, 3.63) is 0 Å². The summed E-state index contributed by atoms with van der Waals surface area (Å²) in [5.41, 5.74) is -0.0126. The first-order chi connectivity index (χ1) is 13.0. The van der Waals surface area contributed by atoms with Crippen LogP contribution in [0, 0.1) is 11.8 Å². The van der Waals surface area contributed by atoms with Gasteiger partial charge in [0, 0.05) is 32.8 Å². The first kappa shape index (κ1) is 22.6. The van der Waals surface area contributed by atoms with Crippen LogP contribution in [0.1, 0.15) is 46.0 Å². The van der Waals surface area contributed by atoms with Gasteiger partial charge in [0.2, 0.25) is 0 Å². The van der Waals surface area contributed by atoms with E-state index in [2.05, 4.69) is 21.6 Å². The minimum absolute atomic E-state index is 0.0126. The highest BCUT2D eigenvalue weighted by atomic mass is 16.5. The number of likely N-dealkylation sites (tertiary alicyclic amines) is 1. The zero-order chi connectivity index (χ0) is 19.5. The summed E-state index contributed by atoms with van der Waals surface area (Å²) in [6, 6.07) is 0. The first-order valence-electron chi connectivity index (χ1n) is 10.5. The van der Waals surface area contributed by atoms with Gasteiger partial charge in [-0.3, -0.25) is 4.90 Å². The highest BCUT2D eigenvalue weighted by Crippen LogP contribution is 2.30. The summed E-state index contributed by atoms with van der Waals surface area (Å²) >= 11 is 0. The van der Waals surface area contributed by atoms with E-state index in [1.165, 1.54) is 0 Å². The molecule has 6 heteroatoms. The van der Waals surface area contributed by atoms with E-state index in [1.807, 2.05) is 13.8 Å². The lowest BCUT2D eigenvalue weighted by molar-refractivity contribution is -0.133. The Morgan fingerprint density at radius 3 is 2.59 bits per heavy atom. The SMILES string of the molecule is CC(C)OCC#CCN1CCOC2(CCN(CCCC(O)CCO)CC2)C1. The second-order valence-corrected chi connectivity index (χ2v) is 8.11. The number of ether oxygens (including phenoxy) is 2. The molecule has 0 aromatic carbocycles. The Morgan fingerprint density at radius 1 is 1.11 bits per heavy atom. The van der Waals surface area contributed by atoms with Crippen LogP contribution in [0.3, 0.4) is 0 Å². The Bertz CT molecular complexity index is 467. The van der Waals surface area contributed by atoms with Gasteiger partial charge in [-0.15, -0.1) is 0 Å². The molecular weight excluding hydrogens is 344 g/mol. The Hall–Kier alpha value is -0.680. The van der Waals surface area contributed by atoms with Gasteiger partial charge in [-0.2, -0.15) is 0 Å². The number of nitrogens with zero attached hydrogens (tertiary/aromatic N) is 2. The average Bonchev–Trinajstić information content (AvgIpc) is 2.63. The number of hydrogen-bond donors (Lipinski definition) is 2. The van der Waals surface area contributed by atoms with Crippen LogP contribution in [0.5, 0.6) is 0 Å². The predicted molar refractivity (Wildman–Crippen MR) is 107 cm³/mol. The molecule has 2 rings (SSSR count). The zero-order valence-electron chi connectivity index (χ0n) is 17.2. The smallest absolute Gasteiger partial charge is 0.108 e. The van der Waals surface area contributed by atoms with Crippen LogP contribution in [0.25, 0.3) is 0 Å². The van der Waals surface area contributed by atoms with Gasteiger partial charge in [0.25, 0.3) is 0 Å². The van der Waals surface area contributed by atoms with Gasteiger partial charge < -0.3 is 24.6 Å². The average molecular weight is 383 g/mol. The van der Waals surface area contributed by atoms with Crippen molar-refractivity contribution < 1.29 is 19.7 Å². The number of morpholine rings is 1. The van der Waals surface area contributed by atoms with Crippen LogP contribution in [0.2, 0.25) is 0 Å². The molecule has 0 aromatic heterocycles. The molecule has 0 saturated carbocycles. The summed E-state index contributed by atoms with van der Waals surface area (Å²) in [6.45, 7) is 11.2. The van der Waals surface area contributed by atoms with Crippen LogP contribution >= 0.6 is 0 Å². The molecule has 2 fully saturated rings. The summed E-state index contributed by atoms with van der Waals surface area (Å²) in [7, 11) is 0. The molecule has 0 bridgehead atoms. The van der Waals surface area contributed by atoms with Crippen molar-refractivity contribution in [1.29, 1.82) is 0 Å². The van der Waals surface area contributed by atoms with E-state index in [0.29, 0.717) is 13.0 Å². The van der Waals surface area contributed by atoms with Crippen molar-refractivity contribution in [1.82, 2.24) is 9.80 Å². The number of aliphatic hydroxyl groups excluding tert-OH is 2. The summed E-state index contributed by atoms with van der Waals surface area (Å²) in [5, 5.41) is 18.6. The van der Waals surface area contributed by atoms with Crippen LogP contribution in [0.15, 0.2) is 0 Å². The van der Waals surface area contributed by atoms with Gasteiger partial charge in [-0.25, -0.2) is 0 Å². The molecule has 0 aliphatic carbocycles.